The summed E-state index contributed by atoms with van der Waals surface area (Å²) in [5.41, 5.74) is 4.02. The average Bonchev–Trinajstić information content (AvgIpc) is 0.842. The number of unbranched alkanes of at least 4 members (excludes halogenated alkanes) is 6. The van der Waals surface area contributed by atoms with Gasteiger partial charge in [0.1, 0.15) is 46.0 Å². The van der Waals surface area contributed by atoms with Gasteiger partial charge in [-0.3, -0.25) is 9.59 Å². The van der Waals surface area contributed by atoms with Gasteiger partial charge < -0.3 is 75.8 Å². The lowest BCUT2D eigenvalue weighted by Gasteiger charge is -2.37. The number of hydrogen-bond acceptors (Lipinski definition) is 28. The van der Waals surface area contributed by atoms with E-state index in [4.69, 9.17) is 75.8 Å². The Morgan fingerprint density at radius 3 is 0.852 bits per heavy atom. The van der Waals surface area contributed by atoms with Crippen LogP contribution in [0, 0.1) is 49.4 Å². The number of carbonyl (C=O) groups is 12. The van der Waals surface area contributed by atoms with Crippen LogP contribution in [0.4, 0.5) is 0 Å². The summed E-state index contributed by atoms with van der Waals surface area (Å²) < 4.78 is 85.1. The first-order valence-corrected chi connectivity index (χ1v) is 49.6. The fraction of sp³-hybridized carbons (Fsp3) is 0.474. The summed E-state index contributed by atoms with van der Waals surface area (Å²) in [5, 5.41) is 0. The van der Waals surface area contributed by atoms with Crippen LogP contribution in [0.5, 0.6) is 46.0 Å². The van der Waals surface area contributed by atoms with Crippen molar-refractivity contribution >= 4 is 71.6 Å². The molecule has 6 aromatic carbocycles. The topological polar surface area (TPSA) is 353 Å². The van der Waals surface area contributed by atoms with Crippen LogP contribution in [-0.2, 0) is 76.3 Å². The first-order chi connectivity index (χ1) is 68.4. The smallest absolute Gasteiger partial charge is 0.343 e. The molecule has 3 aliphatic rings. The van der Waals surface area contributed by atoms with Crippen molar-refractivity contribution in [3.8, 4) is 46.0 Å². The summed E-state index contributed by atoms with van der Waals surface area (Å²) in [7, 11) is 0. The van der Waals surface area contributed by atoms with Crippen molar-refractivity contribution in [1.29, 1.82) is 0 Å². The zero-order valence-electron chi connectivity index (χ0n) is 84.3. The highest BCUT2D eigenvalue weighted by Gasteiger charge is 2.34. The number of aryl methyl sites for hydroxylation is 2. The molecule has 3 fully saturated rings. The third-order valence-electron chi connectivity index (χ3n) is 23.7. The summed E-state index contributed by atoms with van der Waals surface area (Å²) in [6, 6.07) is 35.2. The van der Waals surface area contributed by atoms with Gasteiger partial charge in [-0.15, -0.1) is 0 Å². The molecule has 0 aliphatic heterocycles. The van der Waals surface area contributed by atoms with Crippen LogP contribution < -0.4 is 37.9 Å². The van der Waals surface area contributed by atoms with Crippen molar-refractivity contribution in [3.63, 3.8) is 0 Å². The van der Waals surface area contributed by atoms with Crippen molar-refractivity contribution in [2.75, 3.05) is 79.3 Å². The molecule has 0 saturated heterocycles. The molecule has 142 heavy (non-hydrogen) atoms. The van der Waals surface area contributed by atoms with Gasteiger partial charge in [0.2, 0.25) is 0 Å². The molecule has 0 heterocycles. The number of hydrogen-bond donors (Lipinski definition) is 0. The molecule has 28 heteroatoms. The maximum absolute atomic E-state index is 12.7. The zero-order valence-corrected chi connectivity index (χ0v) is 84.3. The Balaban J connectivity index is 0.000000299. The first kappa shape index (κ1) is 117. The molecular weight excluding hydrogens is 1820 g/mol. The second kappa shape index (κ2) is 67.1. The predicted molar refractivity (Wildman–Crippen MR) is 539 cm³/mol. The summed E-state index contributed by atoms with van der Waals surface area (Å²) in [4.78, 5) is 142. The molecule has 0 amide bonds. The molecule has 770 valence electrons. The van der Waals surface area contributed by atoms with Crippen molar-refractivity contribution < 1.29 is 133 Å². The summed E-state index contributed by atoms with van der Waals surface area (Å²) in [6.07, 6.45) is 31.9. The van der Waals surface area contributed by atoms with E-state index in [0.717, 1.165) is 106 Å². The zero-order chi connectivity index (χ0) is 103. The highest BCUT2D eigenvalue weighted by molar-refractivity contribution is 5.94. The quantitative estimate of drug-likeness (QED) is 0.0112. The van der Waals surface area contributed by atoms with Crippen molar-refractivity contribution in [2.45, 2.75) is 235 Å². The van der Waals surface area contributed by atoms with E-state index in [0.29, 0.717) is 175 Å². The van der Waals surface area contributed by atoms with E-state index in [-0.39, 0.29) is 73.6 Å². The Morgan fingerprint density at radius 2 is 0.549 bits per heavy atom. The van der Waals surface area contributed by atoms with Crippen LogP contribution >= 0.6 is 0 Å². The Hall–Kier alpha value is -13.4. The molecule has 0 atom stereocenters. The molecule has 6 aromatic rings. The predicted octanol–water partition coefficient (Wildman–Crippen LogP) is 23.1. The van der Waals surface area contributed by atoms with Crippen LogP contribution in [0.2, 0.25) is 0 Å². The largest absolute Gasteiger partial charge is 0.493 e. The van der Waals surface area contributed by atoms with E-state index in [1.54, 1.807) is 163 Å². The maximum atomic E-state index is 12.7. The lowest BCUT2D eigenvalue weighted by Crippen LogP contribution is -2.29. The number of esters is 12. The van der Waals surface area contributed by atoms with Crippen LogP contribution in [-0.4, -0.2) is 151 Å². The van der Waals surface area contributed by atoms with Crippen molar-refractivity contribution in [2.24, 2.45) is 35.5 Å². The van der Waals surface area contributed by atoms with E-state index in [1.165, 1.54) is 89.2 Å². The first-order valence-electron chi connectivity index (χ1n) is 49.6. The third kappa shape index (κ3) is 46.8. The van der Waals surface area contributed by atoms with E-state index in [1.807, 2.05) is 0 Å². The van der Waals surface area contributed by atoms with E-state index in [9.17, 15) is 57.5 Å². The van der Waals surface area contributed by atoms with Crippen molar-refractivity contribution in [3.05, 3.63) is 241 Å². The second-order valence-corrected chi connectivity index (χ2v) is 35.6. The Labute approximate surface area is 837 Å². The van der Waals surface area contributed by atoms with E-state index >= 15 is 0 Å². The van der Waals surface area contributed by atoms with Gasteiger partial charge in [-0.25, -0.2) is 47.9 Å². The SMILES string of the molecule is C=C(C)C(=O)OCCCCCCOC(=O)C1CCC(C2CCC(CCCCC)CC2)CC1.C=C(C)C(=O)OCCCCOC(=O)C1CCC(CCC)CC1.C=C(C)C(=O)OCCCOc1ccc(C(=O)Oc2ccc(OC(=O)c3ccc(OCCCOC(=O)C(=C)C)cc3)c(C)c2)cc1.C=CC(=O)OCCCOc1ccc(C(=O)Oc2ccc(OC(=O)c3ccc(OCCCOC(=O)C=C)cc3)c(C)c2)cc1. The standard InChI is InChI=1S/C35H36O10.C33H32O10.C28H48O4.C18H30O4/c1-23(2)32(36)42-20-6-18-40-28-12-8-26(9-13-28)34(38)44-30-16-17-31(25(5)22-30)45-35(39)27-10-14-29(15-11-27)41-19-7-21-43-33(37)24(3)4;1-4-30(34)40-20-6-18-38-26-12-8-24(9-13-26)32(36)42-28-16-17-29(23(3)22-28)43-33(37)25-10-14-27(15-11-25)39-19-7-21-41-31(35)5-2;1-4-5-8-11-23-12-14-24(15-13-23)25-16-18-26(19-17-25)28(30)32-21-10-7-6-9-20-31-27(29)22(2)3;1-4-7-15-8-10-16(11-9-15)18(20)22-13-6-5-12-21-17(19)14(2)3/h8-17,22H,1,3,6-7,18-21H2,2,4-5H3;4-5,8-17,22H,1-2,6-7,18-21H2,3H3;23-26H,2,4-21H2,1,3H3;15-16H,2,4-13H2,1,3H3. The molecule has 0 N–H and O–H groups in total. The second-order valence-electron chi connectivity index (χ2n) is 35.6. The molecule has 0 aromatic heterocycles. The van der Waals surface area contributed by atoms with Gasteiger partial charge in [0, 0.05) is 60.1 Å². The molecule has 9 rings (SSSR count). The van der Waals surface area contributed by atoms with Crippen LogP contribution in [0.3, 0.4) is 0 Å². The monoisotopic (exact) mass is 1960 g/mol. The highest BCUT2D eigenvalue weighted by atomic mass is 16.6. The molecule has 0 bridgehead atoms. The fourth-order valence-corrected chi connectivity index (χ4v) is 15.5. The Bertz CT molecular complexity index is 5020. The van der Waals surface area contributed by atoms with E-state index < -0.39 is 47.8 Å². The number of benzene rings is 6. The minimum Gasteiger partial charge on any atom is -0.493 e. The van der Waals surface area contributed by atoms with Gasteiger partial charge >= 0.3 is 71.6 Å². The van der Waals surface area contributed by atoms with Crippen molar-refractivity contribution in [1.82, 2.24) is 0 Å². The third-order valence-corrected chi connectivity index (χ3v) is 23.7. The van der Waals surface area contributed by atoms with Gasteiger partial charge in [-0.05, 0) is 313 Å². The van der Waals surface area contributed by atoms with Gasteiger partial charge in [-0.2, -0.15) is 0 Å². The molecule has 3 saturated carbocycles. The van der Waals surface area contributed by atoms with Gasteiger partial charge in [0.05, 0.1) is 113 Å². The summed E-state index contributed by atoms with van der Waals surface area (Å²) >= 11 is 0. The van der Waals surface area contributed by atoms with Crippen LogP contribution in [0.25, 0.3) is 0 Å². The van der Waals surface area contributed by atoms with Crippen LogP contribution in [0.15, 0.2) is 207 Å². The number of carbonyl (C=O) groups excluding carboxylic acids is 12. The number of ether oxygens (including phenoxy) is 16. The summed E-state index contributed by atoms with van der Waals surface area (Å²) in [6.45, 7) is 39.1. The Morgan fingerprint density at radius 1 is 0.282 bits per heavy atom. The molecule has 28 nitrogen and oxygen atoms in total. The molecule has 3 aliphatic carbocycles. The lowest BCUT2D eigenvalue weighted by molar-refractivity contribution is -0.151. The minimum atomic E-state index is -0.563. The highest BCUT2D eigenvalue weighted by Crippen LogP contribution is 2.43. The molecule has 0 unspecified atom stereocenters. The minimum absolute atomic E-state index is 0.0264. The summed E-state index contributed by atoms with van der Waals surface area (Å²) in [5.74, 6) is 2.41. The number of rotatable bonds is 55. The molecule has 0 spiro atoms. The van der Waals surface area contributed by atoms with Crippen LogP contribution in [0.1, 0.15) is 274 Å². The maximum Gasteiger partial charge on any atom is 0.343 e. The van der Waals surface area contributed by atoms with E-state index in [2.05, 4.69) is 53.3 Å². The normalized spacial score (nSPS) is 15.4. The average molecular weight is 1960 g/mol. The molecule has 0 radical (unpaired) electrons. The lowest BCUT2D eigenvalue weighted by atomic mass is 9.68. The van der Waals surface area contributed by atoms with Gasteiger partial charge in [-0.1, -0.05) is 105 Å². The van der Waals surface area contributed by atoms with Gasteiger partial charge in [0.15, 0.2) is 0 Å². The van der Waals surface area contributed by atoms with Gasteiger partial charge in [0.25, 0.3) is 0 Å². The fourth-order valence-electron chi connectivity index (χ4n) is 15.5. The Kier molecular flexibility index (Phi) is 55.4. The molecular formula is C114H146O28.